The van der Waals surface area contributed by atoms with Crippen molar-refractivity contribution in [3.63, 3.8) is 0 Å². The molecule has 4 nitrogen and oxygen atoms in total. The molecule has 0 bridgehead atoms. The zero-order valence-electron chi connectivity index (χ0n) is 8.39. The van der Waals surface area contributed by atoms with Crippen LogP contribution in [0, 0.1) is 0 Å². The molecule has 0 aliphatic carbocycles. The highest BCUT2D eigenvalue weighted by Gasteiger charge is 2.04. The van der Waals surface area contributed by atoms with Crippen LogP contribution in [0.15, 0.2) is 41.4 Å². The zero-order valence-corrected chi connectivity index (χ0v) is 9.98. The van der Waals surface area contributed by atoms with Gasteiger partial charge in [0.1, 0.15) is 12.1 Å². The highest BCUT2D eigenvalue weighted by atomic mass is 79.9. The molecule has 0 atom stereocenters. The molecule has 0 unspecified atom stereocenters. The second-order valence-electron chi connectivity index (χ2n) is 3.23. The van der Waals surface area contributed by atoms with E-state index in [1.54, 1.807) is 18.5 Å². The Bertz CT molecular complexity index is 476. The van der Waals surface area contributed by atoms with Gasteiger partial charge in [-0.15, -0.1) is 0 Å². The number of para-hydroxylation sites is 1. The number of nitrogens with zero attached hydrogens (tertiary/aromatic N) is 2. The minimum atomic E-state index is 0.256. The Kier molecular flexibility index (Phi) is 3.36. The third-order valence-electron chi connectivity index (χ3n) is 2.11. The van der Waals surface area contributed by atoms with E-state index >= 15 is 0 Å². The molecule has 0 saturated heterocycles. The molecule has 2 N–H and O–H groups in total. The first kappa shape index (κ1) is 10.9. The third-order valence-corrected chi connectivity index (χ3v) is 2.75. The summed E-state index contributed by atoms with van der Waals surface area (Å²) in [5.41, 5.74) is 1.64. The highest BCUT2D eigenvalue weighted by molar-refractivity contribution is 9.10. The predicted molar refractivity (Wildman–Crippen MR) is 65.2 cm³/mol. The van der Waals surface area contributed by atoms with Crippen LogP contribution in [-0.2, 0) is 6.54 Å². The molecule has 2 aromatic rings. The Morgan fingerprint density at radius 3 is 2.75 bits per heavy atom. The summed E-state index contributed by atoms with van der Waals surface area (Å²) in [6.45, 7) is 0.526. The molecule has 0 aliphatic heterocycles. The van der Waals surface area contributed by atoms with Crippen molar-refractivity contribution >= 4 is 21.6 Å². The van der Waals surface area contributed by atoms with Gasteiger partial charge < -0.3 is 10.4 Å². The van der Waals surface area contributed by atoms with Crippen LogP contribution in [0.1, 0.15) is 5.56 Å². The van der Waals surface area contributed by atoms with E-state index < -0.39 is 0 Å². The zero-order chi connectivity index (χ0) is 11.4. The van der Waals surface area contributed by atoms with Gasteiger partial charge in [-0.2, -0.15) is 0 Å². The first-order valence-corrected chi connectivity index (χ1v) is 5.52. The Hall–Kier alpha value is -1.62. The van der Waals surface area contributed by atoms with Crippen molar-refractivity contribution in [3.8, 4) is 5.75 Å². The topological polar surface area (TPSA) is 58.0 Å². The van der Waals surface area contributed by atoms with Gasteiger partial charge in [0.15, 0.2) is 0 Å². The molecular weight excluding hydrogens is 270 g/mol. The largest absolute Gasteiger partial charge is 0.506 e. The minimum absolute atomic E-state index is 0.256. The number of hydrogen-bond donors (Lipinski definition) is 2. The molecule has 1 heterocycles. The van der Waals surface area contributed by atoms with Crippen LogP contribution < -0.4 is 5.32 Å². The van der Waals surface area contributed by atoms with Crippen LogP contribution in [0.25, 0.3) is 0 Å². The molecule has 1 aromatic heterocycles. The minimum Gasteiger partial charge on any atom is -0.506 e. The summed E-state index contributed by atoms with van der Waals surface area (Å²) < 4.78 is 0.691. The van der Waals surface area contributed by atoms with Gasteiger partial charge in [0.25, 0.3) is 0 Å². The second kappa shape index (κ2) is 4.94. The summed E-state index contributed by atoms with van der Waals surface area (Å²) in [5.74, 6) is 0.256. The van der Waals surface area contributed by atoms with Gasteiger partial charge in [0.05, 0.1) is 22.6 Å². The lowest BCUT2D eigenvalue weighted by atomic mass is 10.2. The van der Waals surface area contributed by atoms with Crippen molar-refractivity contribution in [1.82, 2.24) is 9.97 Å². The molecule has 0 aliphatic rings. The lowest BCUT2D eigenvalue weighted by Gasteiger charge is -2.08. The normalized spacial score (nSPS) is 10.1. The van der Waals surface area contributed by atoms with Gasteiger partial charge in [0.2, 0.25) is 0 Å². The van der Waals surface area contributed by atoms with Gasteiger partial charge in [-0.3, -0.25) is 0 Å². The number of anilines is 1. The average Bonchev–Trinajstić information content (AvgIpc) is 2.32. The standard InChI is InChI=1S/C11H10BrN3O/c12-10-3-1-2-8(11(10)16)4-15-9-5-13-7-14-6-9/h1-3,5-7,15-16H,4H2. The summed E-state index contributed by atoms with van der Waals surface area (Å²) in [6, 6.07) is 5.53. The van der Waals surface area contributed by atoms with E-state index in [0.717, 1.165) is 11.3 Å². The van der Waals surface area contributed by atoms with Crippen molar-refractivity contribution in [2.45, 2.75) is 6.54 Å². The van der Waals surface area contributed by atoms with Crippen LogP contribution in [0.3, 0.4) is 0 Å². The maximum atomic E-state index is 9.76. The van der Waals surface area contributed by atoms with E-state index in [1.165, 1.54) is 6.33 Å². The molecule has 0 fully saturated rings. The lowest BCUT2D eigenvalue weighted by Crippen LogP contribution is -2.00. The van der Waals surface area contributed by atoms with Crippen molar-refractivity contribution in [1.29, 1.82) is 0 Å². The molecule has 5 heteroatoms. The molecule has 0 spiro atoms. The third kappa shape index (κ3) is 2.49. The Morgan fingerprint density at radius 2 is 2.00 bits per heavy atom. The summed E-state index contributed by atoms with van der Waals surface area (Å²) >= 11 is 3.27. The lowest BCUT2D eigenvalue weighted by molar-refractivity contribution is 0.465. The summed E-state index contributed by atoms with van der Waals surface area (Å²) in [4.78, 5) is 7.78. The Labute approximate surface area is 102 Å². The molecule has 1 aromatic carbocycles. The fourth-order valence-corrected chi connectivity index (χ4v) is 1.70. The van der Waals surface area contributed by atoms with E-state index in [9.17, 15) is 5.11 Å². The van der Waals surface area contributed by atoms with E-state index in [1.807, 2.05) is 12.1 Å². The number of halogens is 1. The highest BCUT2D eigenvalue weighted by Crippen LogP contribution is 2.27. The Morgan fingerprint density at radius 1 is 1.25 bits per heavy atom. The van der Waals surface area contributed by atoms with E-state index in [-0.39, 0.29) is 5.75 Å². The SMILES string of the molecule is Oc1c(Br)cccc1CNc1cncnc1. The van der Waals surface area contributed by atoms with E-state index in [2.05, 4.69) is 31.2 Å². The number of aromatic nitrogens is 2. The van der Waals surface area contributed by atoms with E-state index in [0.29, 0.717) is 11.0 Å². The second-order valence-corrected chi connectivity index (χ2v) is 4.08. The smallest absolute Gasteiger partial charge is 0.134 e. The molecular formula is C11H10BrN3O. The number of phenols is 1. The summed E-state index contributed by atoms with van der Waals surface area (Å²) in [5, 5.41) is 12.9. The monoisotopic (exact) mass is 279 g/mol. The quantitative estimate of drug-likeness (QED) is 0.907. The molecule has 0 saturated carbocycles. The van der Waals surface area contributed by atoms with Crippen LogP contribution in [-0.4, -0.2) is 15.1 Å². The average molecular weight is 280 g/mol. The summed E-state index contributed by atoms with van der Waals surface area (Å²) in [6.07, 6.45) is 4.84. The molecule has 82 valence electrons. The van der Waals surface area contributed by atoms with Crippen LogP contribution in [0.2, 0.25) is 0 Å². The summed E-state index contributed by atoms with van der Waals surface area (Å²) in [7, 11) is 0. The van der Waals surface area contributed by atoms with Gasteiger partial charge in [-0.1, -0.05) is 12.1 Å². The number of nitrogens with one attached hydrogen (secondary N) is 1. The predicted octanol–water partition coefficient (Wildman–Crippen LogP) is 2.56. The number of rotatable bonds is 3. The first-order chi connectivity index (χ1) is 7.77. The number of phenolic OH excluding ortho intramolecular Hbond substituents is 1. The first-order valence-electron chi connectivity index (χ1n) is 4.72. The number of hydrogen-bond acceptors (Lipinski definition) is 4. The van der Waals surface area contributed by atoms with Crippen LogP contribution in [0.5, 0.6) is 5.75 Å². The van der Waals surface area contributed by atoms with Gasteiger partial charge in [0, 0.05) is 12.1 Å². The van der Waals surface area contributed by atoms with Crippen molar-refractivity contribution in [2.75, 3.05) is 5.32 Å². The van der Waals surface area contributed by atoms with Gasteiger partial charge in [-0.05, 0) is 22.0 Å². The maximum absolute atomic E-state index is 9.76. The van der Waals surface area contributed by atoms with Crippen molar-refractivity contribution < 1.29 is 5.11 Å². The number of aromatic hydroxyl groups is 1. The number of benzene rings is 1. The van der Waals surface area contributed by atoms with Crippen molar-refractivity contribution in [2.24, 2.45) is 0 Å². The fourth-order valence-electron chi connectivity index (χ4n) is 1.29. The van der Waals surface area contributed by atoms with Crippen LogP contribution >= 0.6 is 15.9 Å². The molecule has 0 amide bonds. The van der Waals surface area contributed by atoms with Crippen LogP contribution in [0.4, 0.5) is 5.69 Å². The molecule has 2 rings (SSSR count). The molecule has 16 heavy (non-hydrogen) atoms. The van der Waals surface area contributed by atoms with E-state index in [4.69, 9.17) is 0 Å². The van der Waals surface area contributed by atoms with Gasteiger partial charge in [-0.25, -0.2) is 9.97 Å². The Balaban J connectivity index is 2.08. The van der Waals surface area contributed by atoms with Gasteiger partial charge >= 0.3 is 0 Å². The molecule has 0 radical (unpaired) electrons. The maximum Gasteiger partial charge on any atom is 0.134 e. The van der Waals surface area contributed by atoms with Crippen molar-refractivity contribution in [3.05, 3.63) is 47.0 Å². The fraction of sp³-hybridized carbons (Fsp3) is 0.0909.